The lowest BCUT2D eigenvalue weighted by Crippen LogP contribution is -2.37. The molecule has 1 aliphatic heterocycles. The fraction of sp³-hybridized carbons (Fsp3) is 0.440. The van der Waals surface area contributed by atoms with Crippen LogP contribution in [0.3, 0.4) is 0 Å². The van der Waals surface area contributed by atoms with Gasteiger partial charge in [-0.15, -0.1) is 0 Å². The molecule has 1 fully saturated rings. The molecule has 170 valence electrons. The number of carbonyl (C=O) groups excluding carboxylic acids is 1. The fourth-order valence-corrected chi connectivity index (χ4v) is 4.36. The van der Waals surface area contributed by atoms with Gasteiger partial charge >= 0.3 is 0 Å². The lowest BCUT2D eigenvalue weighted by atomic mass is 10.1. The highest BCUT2D eigenvalue weighted by Crippen LogP contribution is 2.21. The minimum absolute atomic E-state index is 0.0963. The summed E-state index contributed by atoms with van der Waals surface area (Å²) in [4.78, 5) is 22.4. The number of H-pyrrole nitrogens is 1. The number of aromatic amines is 1. The van der Waals surface area contributed by atoms with E-state index in [0.717, 1.165) is 73.5 Å². The van der Waals surface area contributed by atoms with Crippen LogP contribution in [0.25, 0.3) is 11.0 Å². The number of piperidine rings is 1. The summed E-state index contributed by atoms with van der Waals surface area (Å²) in [5.41, 5.74) is 4.54. The summed E-state index contributed by atoms with van der Waals surface area (Å²) in [6.45, 7) is 5.14. The van der Waals surface area contributed by atoms with Crippen molar-refractivity contribution in [3.63, 3.8) is 0 Å². The molecule has 1 saturated heterocycles. The first-order valence-electron chi connectivity index (χ1n) is 11.4. The second-order valence-corrected chi connectivity index (χ2v) is 8.53. The number of amides is 1. The van der Waals surface area contributed by atoms with Crippen molar-refractivity contribution in [1.29, 1.82) is 0 Å². The molecule has 32 heavy (non-hydrogen) atoms. The van der Waals surface area contributed by atoms with E-state index in [9.17, 15) is 9.90 Å². The van der Waals surface area contributed by atoms with Crippen LogP contribution in [-0.4, -0.2) is 58.7 Å². The summed E-state index contributed by atoms with van der Waals surface area (Å²) in [6, 6.07) is 12.0. The number of aromatic nitrogens is 2. The first-order valence-corrected chi connectivity index (χ1v) is 11.4. The summed E-state index contributed by atoms with van der Waals surface area (Å²) >= 11 is 0. The Morgan fingerprint density at radius 2 is 2.22 bits per heavy atom. The maximum Gasteiger partial charge on any atom is 0.251 e. The summed E-state index contributed by atoms with van der Waals surface area (Å²) in [5, 5.41) is 12.5. The van der Waals surface area contributed by atoms with Gasteiger partial charge in [0.05, 0.1) is 23.7 Å². The molecule has 1 aromatic heterocycles. The molecule has 0 aliphatic carbocycles. The van der Waals surface area contributed by atoms with Crippen LogP contribution in [0.4, 0.5) is 0 Å². The van der Waals surface area contributed by atoms with E-state index in [2.05, 4.69) is 27.3 Å². The highest BCUT2D eigenvalue weighted by molar-refractivity contribution is 5.99. The summed E-state index contributed by atoms with van der Waals surface area (Å²) in [7, 11) is 1.63. The zero-order chi connectivity index (χ0) is 22.5. The Labute approximate surface area is 188 Å². The average molecular weight is 437 g/mol. The summed E-state index contributed by atoms with van der Waals surface area (Å²) in [6.07, 6.45) is 3.35. The van der Waals surface area contributed by atoms with Gasteiger partial charge in [-0.3, -0.25) is 9.69 Å². The standard InChI is InChI=1S/C25H32N4O3/c1-17-21(25(31)26-2)10-11-22-24(17)28-23(27-22)9-5-13-32-20-8-3-6-18(14-20)15-29-12-4-7-19(30)16-29/h3,6,8,10-11,14,19,30H,4-5,7,9,12-13,15-16H2,1-2H3,(H,26,31)(H,27,28). The average Bonchev–Trinajstić information content (AvgIpc) is 3.21. The van der Waals surface area contributed by atoms with Crippen molar-refractivity contribution in [3.05, 3.63) is 58.9 Å². The molecule has 3 aromatic rings. The van der Waals surface area contributed by atoms with Crippen LogP contribution in [0.5, 0.6) is 5.75 Å². The molecule has 0 spiro atoms. The molecule has 1 atom stereocenters. The van der Waals surface area contributed by atoms with Crippen LogP contribution in [-0.2, 0) is 13.0 Å². The van der Waals surface area contributed by atoms with E-state index in [1.807, 2.05) is 31.2 Å². The fourth-order valence-electron chi connectivity index (χ4n) is 4.36. The number of likely N-dealkylation sites (tertiary alicyclic amines) is 1. The van der Waals surface area contributed by atoms with E-state index in [1.54, 1.807) is 7.05 Å². The maximum atomic E-state index is 12.0. The molecular formula is C25H32N4O3. The number of nitrogens with one attached hydrogen (secondary N) is 2. The molecule has 3 N–H and O–H groups in total. The molecule has 4 rings (SSSR count). The first kappa shape index (κ1) is 22.3. The van der Waals surface area contributed by atoms with Gasteiger partial charge in [0, 0.05) is 32.1 Å². The molecule has 2 heterocycles. The van der Waals surface area contributed by atoms with Crippen LogP contribution in [0.1, 0.15) is 46.6 Å². The molecule has 1 amide bonds. The molecule has 7 nitrogen and oxygen atoms in total. The van der Waals surface area contributed by atoms with Gasteiger partial charge in [0.2, 0.25) is 0 Å². The number of fused-ring (bicyclic) bond motifs is 1. The molecule has 1 aliphatic rings. The molecule has 1 unspecified atom stereocenters. The number of aryl methyl sites for hydroxylation is 2. The minimum atomic E-state index is -0.208. The van der Waals surface area contributed by atoms with Crippen molar-refractivity contribution in [2.75, 3.05) is 26.7 Å². The number of imidazole rings is 1. The third-order valence-corrected chi connectivity index (χ3v) is 6.04. The number of nitrogens with zero attached hydrogens (tertiary/aromatic N) is 2. The molecule has 0 bridgehead atoms. The first-order chi connectivity index (χ1) is 15.5. The van der Waals surface area contributed by atoms with E-state index < -0.39 is 0 Å². The van der Waals surface area contributed by atoms with E-state index in [-0.39, 0.29) is 12.0 Å². The Bertz CT molecular complexity index is 1080. The molecule has 0 saturated carbocycles. The van der Waals surface area contributed by atoms with Gasteiger partial charge in [0.25, 0.3) is 5.91 Å². The van der Waals surface area contributed by atoms with Crippen LogP contribution < -0.4 is 10.1 Å². The van der Waals surface area contributed by atoms with Crippen LogP contribution >= 0.6 is 0 Å². The number of hydrogen-bond acceptors (Lipinski definition) is 5. The van der Waals surface area contributed by atoms with Gasteiger partial charge in [-0.05, 0) is 68.1 Å². The number of benzene rings is 2. The summed E-state index contributed by atoms with van der Waals surface area (Å²) < 4.78 is 5.98. The Hall–Kier alpha value is -2.90. The van der Waals surface area contributed by atoms with Gasteiger partial charge < -0.3 is 20.1 Å². The highest BCUT2D eigenvalue weighted by atomic mass is 16.5. The van der Waals surface area contributed by atoms with Crippen molar-refractivity contribution in [1.82, 2.24) is 20.2 Å². The predicted octanol–water partition coefficient (Wildman–Crippen LogP) is 3.20. The van der Waals surface area contributed by atoms with Gasteiger partial charge in [-0.1, -0.05) is 12.1 Å². The van der Waals surface area contributed by atoms with E-state index >= 15 is 0 Å². The van der Waals surface area contributed by atoms with Crippen LogP contribution in [0.2, 0.25) is 0 Å². The molecular weight excluding hydrogens is 404 g/mol. The predicted molar refractivity (Wildman–Crippen MR) is 125 cm³/mol. The van der Waals surface area contributed by atoms with Gasteiger partial charge in [0.1, 0.15) is 11.6 Å². The topological polar surface area (TPSA) is 90.5 Å². The second-order valence-electron chi connectivity index (χ2n) is 8.53. The zero-order valence-electron chi connectivity index (χ0n) is 18.9. The lowest BCUT2D eigenvalue weighted by molar-refractivity contribution is 0.0668. The smallest absolute Gasteiger partial charge is 0.251 e. The number of rotatable bonds is 8. The normalized spacial score (nSPS) is 16.9. The monoisotopic (exact) mass is 436 g/mol. The summed E-state index contributed by atoms with van der Waals surface area (Å²) in [5.74, 6) is 1.68. The second kappa shape index (κ2) is 10.1. The third-order valence-electron chi connectivity index (χ3n) is 6.04. The lowest BCUT2D eigenvalue weighted by Gasteiger charge is -2.30. The maximum absolute atomic E-state index is 12.0. The van der Waals surface area contributed by atoms with Crippen molar-refractivity contribution in [2.24, 2.45) is 0 Å². The number of hydrogen-bond donors (Lipinski definition) is 3. The number of β-amino-alcohol motifs (C(OH)–C–C–N with tert-alkyl or cyclic N) is 1. The van der Waals surface area contributed by atoms with E-state index in [4.69, 9.17) is 9.72 Å². The Kier molecular flexibility index (Phi) is 7.07. The van der Waals surface area contributed by atoms with Gasteiger partial charge in [-0.25, -0.2) is 4.98 Å². The minimum Gasteiger partial charge on any atom is -0.494 e. The number of ether oxygens (including phenoxy) is 1. The molecule has 2 aromatic carbocycles. The van der Waals surface area contributed by atoms with E-state index in [1.165, 1.54) is 5.56 Å². The molecule has 0 radical (unpaired) electrons. The number of aliphatic hydroxyl groups is 1. The van der Waals surface area contributed by atoms with Crippen LogP contribution in [0.15, 0.2) is 36.4 Å². The zero-order valence-corrected chi connectivity index (χ0v) is 18.9. The largest absolute Gasteiger partial charge is 0.494 e. The van der Waals surface area contributed by atoms with Crippen molar-refractivity contribution < 1.29 is 14.6 Å². The quantitative estimate of drug-likeness (QED) is 0.472. The third kappa shape index (κ3) is 5.29. The van der Waals surface area contributed by atoms with Crippen molar-refractivity contribution in [2.45, 2.75) is 45.3 Å². The number of carbonyl (C=O) groups is 1. The Morgan fingerprint density at radius 3 is 3.03 bits per heavy atom. The SMILES string of the molecule is CNC(=O)c1ccc2[nH]c(CCCOc3cccc(CN4CCCC(O)C4)c3)nc2c1C. The highest BCUT2D eigenvalue weighted by Gasteiger charge is 2.17. The molecule has 7 heteroatoms. The van der Waals surface area contributed by atoms with Gasteiger partial charge in [-0.2, -0.15) is 0 Å². The Morgan fingerprint density at radius 1 is 1.34 bits per heavy atom. The van der Waals surface area contributed by atoms with Gasteiger partial charge in [0.15, 0.2) is 0 Å². The Balaban J connectivity index is 1.30. The van der Waals surface area contributed by atoms with Crippen LogP contribution in [0, 0.1) is 6.92 Å². The van der Waals surface area contributed by atoms with Crippen molar-refractivity contribution >= 4 is 16.9 Å². The van der Waals surface area contributed by atoms with Crippen molar-refractivity contribution in [3.8, 4) is 5.75 Å². The number of aliphatic hydroxyl groups excluding tert-OH is 1. The van der Waals surface area contributed by atoms with E-state index in [0.29, 0.717) is 12.2 Å².